The molecule has 0 spiro atoms. The lowest BCUT2D eigenvalue weighted by Crippen LogP contribution is -2.24. The van der Waals surface area contributed by atoms with Gasteiger partial charge in [-0.05, 0) is 24.6 Å². The van der Waals surface area contributed by atoms with Gasteiger partial charge in [0, 0.05) is 0 Å². The predicted octanol–water partition coefficient (Wildman–Crippen LogP) is 1.37. The predicted molar refractivity (Wildman–Crippen MR) is 77.3 cm³/mol. The summed E-state index contributed by atoms with van der Waals surface area (Å²) in [5.74, 6) is -0.746. The van der Waals surface area contributed by atoms with Crippen LogP contribution in [0.1, 0.15) is 5.56 Å². The maximum atomic E-state index is 11.8. The minimum absolute atomic E-state index is 0.0489. The lowest BCUT2D eigenvalue weighted by molar-refractivity contribution is -0.148. The number of carbonyl (C=O) groups excluding carboxylic acids is 2. The first kappa shape index (κ1) is 15.7. The number of aryl methyl sites for hydroxylation is 1. The number of esters is 1. The van der Waals surface area contributed by atoms with Gasteiger partial charge >= 0.3 is 5.97 Å². The van der Waals surface area contributed by atoms with Gasteiger partial charge in [0.15, 0.2) is 6.61 Å². The van der Waals surface area contributed by atoms with Crippen LogP contribution in [0.15, 0.2) is 30.2 Å². The molecule has 1 aliphatic heterocycles. The topological polar surface area (TPSA) is 83.1 Å². The van der Waals surface area contributed by atoms with Crippen LogP contribution in [0.3, 0.4) is 0 Å². The SMILES string of the molecule is COc1ccc(C)cc1NC(=O)COC(=O)C1=COCCO1. The minimum atomic E-state index is -0.744. The molecule has 22 heavy (non-hydrogen) atoms. The van der Waals surface area contributed by atoms with E-state index in [1.54, 1.807) is 12.1 Å². The van der Waals surface area contributed by atoms with Gasteiger partial charge in [-0.3, -0.25) is 4.79 Å². The van der Waals surface area contributed by atoms with Crippen molar-refractivity contribution in [3.05, 3.63) is 35.8 Å². The van der Waals surface area contributed by atoms with Gasteiger partial charge in [-0.25, -0.2) is 4.79 Å². The van der Waals surface area contributed by atoms with E-state index in [0.717, 1.165) is 5.56 Å². The van der Waals surface area contributed by atoms with Crippen LogP contribution in [-0.4, -0.2) is 38.8 Å². The fourth-order valence-corrected chi connectivity index (χ4v) is 1.78. The average molecular weight is 307 g/mol. The Morgan fingerprint density at radius 3 is 2.82 bits per heavy atom. The zero-order chi connectivity index (χ0) is 15.9. The van der Waals surface area contributed by atoms with Crippen molar-refractivity contribution < 1.29 is 28.5 Å². The number of anilines is 1. The Labute approximate surface area is 127 Å². The molecule has 1 heterocycles. The molecule has 0 fully saturated rings. The molecule has 0 unspecified atom stereocenters. The van der Waals surface area contributed by atoms with Gasteiger partial charge in [0.1, 0.15) is 25.2 Å². The van der Waals surface area contributed by atoms with Crippen LogP contribution in [0, 0.1) is 6.92 Å². The summed E-state index contributed by atoms with van der Waals surface area (Å²) >= 11 is 0. The van der Waals surface area contributed by atoms with Crippen LogP contribution in [-0.2, 0) is 23.8 Å². The Bertz CT molecular complexity index is 596. The van der Waals surface area contributed by atoms with Crippen LogP contribution in [0.5, 0.6) is 5.75 Å². The second-order valence-corrected chi connectivity index (χ2v) is 4.53. The van der Waals surface area contributed by atoms with Crippen molar-refractivity contribution in [3.63, 3.8) is 0 Å². The van der Waals surface area contributed by atoms with Crippen LogP contribution in [0.2, 0.25) is 0 Å². The zero-order valence-corrected chi connectivity index (χ0v) is 12.4. The van der Waals surface area contributed by atoms with Crippen LogP contribution in [0.4, 0.5) is 5.69 Å². The molecule has 0 atom stereocenters. The third-order valence-electron chi connectivity index (χ3n) is 2.81. The Morgan fingerprint density at radius 1 is 1.32 bits per heavy atom. The maximum Gasteiger partial charge on any atom is 0.377 e. The number of carbonyl (C=O) groups is 2. The van der Waals surface area contributed by atoms with Gasteiger partial charge in [-0.1, -0.05) is 6.07 Å². The average Bonchev–Trinajstić information content (AvgIpc) is 2.53. The number of hydrogen-bond acceptors (Lipinski definition) is 6. The van der Waals surface area contributed by atoms with E-state index in [4.69, 9.17) is 18.9 Å². The van der Waals surface area contributed by atoms with Crippen LogP contribution < -0.4 is 10.1 Å². The highest BCUT2D eigenvalue weighted by Crippen LogP contribution is 2.25. The molecule has 1 aromatic carbocycles. The molecule has 0 aliphatic carbocycles. The lowest BCUT2D eigenvalue weighted by Gasteiger charge is -2.14. The number of methoxy groups -OCH3 is 1. The van der Waals surface area contributed by atoms with Crippen molar-refractivity contribution in [2.45, 2.75) is 6.92 Å². The molecule has 118 valence electrons. The monoisotopic (exact) mass is 307 g/mol. The number of ether oxygens (including phenoxy) is 4. The van der Waals surface area contributed by atoms with E-state index < -0.39 is 18.5 Å². The van der Waals surface area contributed by atoms with Gasteiger partial charge in [-0.2, -0.15) is 0 Å². The summed E-state index contributed by atoms with van der Waals surface area (Å²) in [5, 5.41) is 2.63. The molecule has 7 nitrogen and oxygen atoms in total. The smallest absolute Gasteiger partial charge is 0.377 e. The Morgan fingerprint density at radius 2 is 2.14 bits per heavy atom. The fourth-order valence-electron chi connectivity index (χ4n) is 1.78. The molecule has 7 heteroatoms. The van der Waals surface area contributed by atoms with Crippen molar-refractivity contribution in [2.24, 2.45) is 0 Å². The molecular formula is C15H17NO6. The first-order chi connectivity index (χ1) is 10.6. The van der Waals surface area contributed by atoms with Crippen molar-refractivity contribution in [1.29, 1.82) is 0 Å². The number of nitrogens with one attached hydrogen (secondary N) is 1. The highest BCUT2D eigenvalue weighted by Gasteiger charge is 2.18. The molecule has 2 rings (SSSR count). The number of benzene rings is 1. The van der Waals surface area contributed by atoms with Crippen LogP contribution >= 0.6 is 0 Å². The Kier molecular flexibility index (Phi) is 5.24. The summed E-state index contributed by atoms with van der Waals surface area (Å²) in [6.45, 7) is 2.11. The molecule has 0 saturated carbocycles. The van der Waals surface area contributed by atoms with E-state index >= 15 is 0 Å². The summed E-state index contributed by atoms with van der Waals surface area (Å²) in [6.07, 6.45) is 1.17. The molecule has 1 aliphatic rings. The van der Waals surface area contributed by atoms with Crippen molar-refractivity contribution in [1.82, 2.24) is 0 Å². The van der Waals surface area contributed by atoms with E-state index in [2.05, 4.69) is 5.32 Å². The van der Waals surface area contributed by atoms with Crippen molar-refractivity contribution in [3.8, 4) is 5.75 Å². The molecule has 1 amide bonds. The normalized spacial score (nSPS) is 13.3. The highest BCUT2D eigenvalue weighted by atomic mass is 16.6. The Hall–Kier alpha value is -2.70. The van der Waals surface area contributed by atoms with E-state index in [1.165, 1.54) is 13.4 Å². The quantitative estimate of drug-likeness (QED) is 0.827. The first-order valence-corrected chi connectivity index (χ1v) is 6.66. The van der Waals surface area contributed by atoms with Gasteiger partial charge in [0.25, 0.3) is 5.91 Å². The third-order valence-corrected chi connectivity index (χ3v) is 2.81. The molecule has 0 saturated heterocycles. The second-order valence-electron chi connectivity index (χ2n) is 4.53. The Balaban J connectivity index is 1.89. The lowest BCUT2D eigenvalue weighted by atomic mass is 10.2. The largest absolute Gasteiger partial charge is 0.495 e. The van der Waals surface area contributed by atoms with Gasteiger partial charge in [-0.15, -0.1) is 0 Å². The summed E-state index contributed by atoms with van der Waals surface area (Å²) in [4.78, 5) is 23.5. The van der Waals surface area contributed by atoms with E-state index in [9.17, 15) is 9.59 Å². The third kappa shape index (κ3) is 4.15. The molecular weight excluding hydrogens is 290 g/mol. The van der Waals surface area contributed by atoms with E-state index in [1.807, 2.05) is 13.0 Å². The van der Waals surface area contributed by atoms with Crippen molar-refractivity contribution >= 4 is 17.6 Å². The number of rotatable bonds is 5. The van der Waals surface area contributed by atoms with Gasteiger partial charge in [0.05, 0.1) is 12.8 Å². The maximum absolute atomic E-state index is 11.8. The summed E-state index contributed by atoms with van der Waals surface area (Å²) < 4.78 is 20.0. The number of amides is 1. The highest BCUT2D eigenvalue weighted by molar-refractivity contribution is 5.95. The minimum Gasteiger partial charge on any atom is -0.495 e. The molecule has 0 bridgehead atoms. The van der Waals surface area contributed by atoms with Gasteiger partial charge < -0.3 is 24.3 Å². The molecule has 0 aromatic heterocycles. The van der Waals surface area contributed by atoms with Gasteiger partial charge in [0.2, 0.25) is 5.76 Å². The molecule has 1 aromatic rings. The second kappa shape index (κ2) is 7.35. The molecule has 1 N–H and O–H groups in total. The first-order valence-electron chi connectivity index (χ1n) is 6.66. The van der Waals surface area contributed by atoms with Crippen LogP contribution in [0.25, 0.3) is 0 Å². The fraction of sp³-hybridized carbons (Fsp3) is 0.333. The summed E-state index contributed by atoms with van der Waals surface area (Å²) in [7, 11) is 1.51. The summed E-state index contributed by atoms with van der Waals surface area (Å²) in [6, 6.07) is 5.37. The standard InChI is InChI=1S/C15H17NO6/c1-10-3-4-12(19-2)11(7-10)16-14(17)9-22-15(18)13-8-20-5-6-21-13/h3-4,7-8H,5-6,9H2,1-2H3,(H,16,17). The van der Waals surface area contributed by atoms with E-state index in [-0.39, 0.29) is 12.4 Å². The zero-order valence-electron chi connectivity index (χ0n) is 12.4. The van der Waals surface area contributed by atoms with Crippen molar-refractivity contribution in [2.75, 3.05) is 32.2 Å². The summed E-state index contributed by atoms with van der Waals surface area (Å²) in [5.41, 5.74) is 1.48. The number of hydrogen-bond donors (Lipinski definition) is 1. The molecule has 0 radical (unpaired) electrons. The van der Waals surface area contributed by atoms with E-state index in [0.29, 0.717) is 18.0 Å².